The van der Waals surface area contributed by atoms with E-state index in [4.69, 9.17) is 34.6 Å². The average Bonchev–Trinajstić information content (AvgIpc) is 1.50. The number of nitrogens with one attached hydrogen (secondary N) is 3. The Morgan fingerprint density at radius 3 is 1.61 bits per heavy atom. The summed E-state index contributed by atoms with van der Waals surface area (Å²) in [5, 5.41) is 8.37. The number of halogens is 1. The highest BCUT2D eigenvalue weighted by Crippen LogP contribution is 2.33. The van der Waals surface area contributed by atoms with Crippen LogP contribution in [0.3, 0.4) is 0 Å². The summed E-state index contributed by atoms with van der Waals surface area (Å²) in [4.78, 5) is 166. The predicted octanol–water partition coefficient (Wildman–Crippen LogP) is 17.7. The molecule has 588 valence electrons. The number of carbonyl (C=O) groups excluding carboxylic acids is 10. The van der Waals surface area contributed by atoms with Crippen molar-refractivity contribution in [2.75, 3.05) is 36.2 Å². The number of ketones is 2. The third-order valence-corrected chi connectivity index (χ3v) is 19.9. The summed E-state index contributed by atoms with van der Waals surface area (Å²) in [5.41, 5.74) is -0.926. The number of para-hydroxylation sites is 1. The van der Waals surface area contributed by atoms with E-state index < -0.39 is 82.7 Å². The number of ether oxygens (including phenoxy) is 3. The topological polar surface area (TPSA) is 318 Å². The van der Waals surface area contributed by atoms with Gasteiger partial charge in [0.2, 0.25) is 5.91 Å². The normalized spacial score (nSPS) is 13.9. The molecule has 3 unspecified atom stereocenters. The number of esters is 1. The SMILES string of the molecule is CCCCCCCCCCCCCCCCCC(=O)Nc1ccc(OC)c(NC(=O)C(C(=O)c2cc(=O)oc3ccccc23)N2C(=O)CN(Cc3ccccc3)C2=O)c1.CCCCCCCCCCCCCCCCOC(=O)c1ccc(Cl)c(NC(=O)C(C(=O)c2cc(=O)oc3cnccc23)N2C(=O)OC(C)C2=O)c1. The highest BCUT2D eigenvalue weighted by molar-refractivity contribution is 6.34. The minimum atomic E-state index is -2.10. The molecule has 2 fully saturated rings. The van der Waals surface area contributed by atoms with E-state index in [1.54, 1.807) is 54.6 Å². The molecule has 4 aromatic carbocycles. The Morgan fingerprint density at radius 1 is 0.545 bits per heavy atom. The summed E-state index contributed by atoms with van der Waals surface area (Å²) in [6.07, 6.45) is 35.8. The first-order valence-electron chi connectivity index (χ1n) is 39.1. The van der Waals surface area contributed by atoms with Gasteiger partial charge in [0.1, 0.15) is 17.9 Å². The lowest BCUT2D eigenvalue weighted by molar-refractivity contribution is -0.133. The van der Waals surface area contributed by atoms with E-state index in [2.05, 4.69) is 34.8 Å². The fourth-order valence-corrected chi connectivity index (χ4v) is 13.7. The van der Waals surface area contributed by atoms with Gasteiger partial charge in [0.25, 0.3) is 23.6 Å². The largest absolute Gasteiger partial charge is 0.495 e. The first-order chi connectivity index (χ1) is 53.3. The number of methoxy groups -OCH3 is 1. The maximum absolute atomic E-state index is 14.4. The van der Waals surface area contributed by atoms with Gasteiger partial charge in [-0.15, -0.1) is 0 Å². The summed E-state index contributed by atoms with van der Waals surface area (Å²) in [6, 6.07) is 22.3. The van der Waals surface area contributed by atoms with Crippen molar-refractivity contribution in [2.24, 2.45) is 0 Å². The summed E-state index contributed by atoms with van der Waals surface area (Å²) in [5.74, 6) is -6.48. The van der Waals surface area contributed by atoms with Gasteiger partial charge in [0.05, 0.1) is 41.9 Å². The van der Waals surface area contributed by atoms with E-state index in [0.717, 1.165) is 62.6 Å². The Hall–Kier alpha value is -10.4. The lowest BCUT2D eigenvalue weighted by atomic mass is 9.99. The number of aromatic nitrogens is 1. The van der Waals surface area contributed by atoms with Crippen LogP contribution in [0.4, 0.5) is 26.7 Å². The number of imide groups is 2. The fraction of sp³-hybridized carbons (Fsp3) is 0.471. The zero-order valence-electron chi connectivity index (χ0n) is 63.7. The van der Waals surface area contributed by atoms with Crippen molar-refractivity contribution in [3.63, 3.8) is 0 Å². The lowest BCUT2D eigenvalue weighted by Crippen LogP contribution is -2.52. The lowest BCUT2D eigenvalue weighted by Gasteiger charge is -2.25. The minimum Gasteiger partial charge on any atom is -0.495 e. The van der Waals surface area contributed by atoms with Crippen molar-refractivity contribution < 1.29 is 71.0 Å². The molecule has 8 amide bonds. The van der Waals surface area contributed by atoms with Crippen molar-refractivity contribution in [3.05, 3.63) is 170 Å². The van der Waals surface area contributed by atoms with Crippen LogP contribution >= 0.6 is 11.6 Å². The van der Waals surface area contributed by atoms with Gasteiger partial charge >= 0.3 is 29.3 Å². The highest BCUT2D eigenvalue weighted by Gasteiger charge is 2.50. The molecule has 3 N–H and O–H groups in total. The van der Waals surface area contributed by atoms with Crippen LogP contribution in [0.15, 0.2) is 140 Å². The van der Waals surface area contributed by atoms with Crippen LogP contribution in [0.5, 0.6) is 5.75 Å². The van der Waals surface area contributed by atoms with Crippen LogP contribution in [-0.2, 0) is 40.0 Å². The molecular formula is C85H104ClN7O17. The van der Waals surface area contributed by atoms with Crippen molar-refractivity contribution in [3.8, 4) is 5.75 Å². The van der Waals surface area contributed by atoms with Crippen molar-refractivity contribution in [2.45, 2.75) is 238 Å². The van der Waals surface area contributed by atoms with E-state index >= 15 is 0 Å². The van der Waals surface area contributed by atoms with Crippen LogP contribution < -0.4 is 31.9 Å². The second-order valence-electron chi connectivity index (χ2n) is 28.1. The maximum atomic E-state index is 14.4. The van der Waals surface area contributed by atoms with Gasteiger partial charge in [-0.2, -0.15) is 0 Å². The van der Waals surface area contributed by atoms with Crippen LogP contribution in [0.2, 0.25) is 5.02 Å². The third kappa shape index (κ3) is 25.4. The summed E-state index contributed by atoms with van der Waals surface area (Å²) in [6.45, 7) is 5.71. The zero-order valence-corrected chi connectivity index (χ0v) is 64.5. The molecule has 3 atom stereocenters. The first-order valence-corrected chi connectivity index (χ1v) is 39.4. The fourth-order valence-electron chi connectivity index (χ4n) is 13.5. The van der Waals surface area contributed by atoms with Crippen LogP contribution in [0.1, 0.15) is 250 Å². The number of urea groups is 1. The van der Waals surface area contributed by atoms with E-state index in [1.807, 2.05) is 6.07 Å². The number of carbonyl (C=O) groups is 10. The van der Waals surface area contributed by atoms with Gasteiger partial charge in [0.15, 0.2) is 35.3 Å². The molecule has 5 heterocycles. The molecule has 0 spiro atoms. The highest BCUT2D eigenvalue weighted by atomic mass is 35.5. The van der Waals surface area contributed by atoms with Gasteiger partial charge < -0.3 is 43.9 Å². The third-order valence-electron chi connectivity index (χ3n) is 19.5. The smallest absolute Gasteiger partial charge is 0.418 e. The molecule has 7 aromatic rings. The Labute approximate surface area is 647 Å². The molecular weight excluding hydrogens is 1430 g/mol. The molecule has 25 heteroatoms. The molecule has 3 aromatic heterocycles. The number of hydrogen-bond donors (Lipinski definition) is 3. The van der Waals surface area contributed by atoms with Gasteiger partial charge in [-0.05, 0) is 73.9 Å². The van der Waals surface area contributed by atoms with Crippen molar-refractivity contribution in [1.82, 2.24) is 19.7 Å². The van der Waals surface area contributed by atoms with Gasteiger partial charge in [-0.3, -0.25) is 38.5 Å². The van der Waals surface area contributed by atoms with Crippen LogP contribution in [-0.4, -0.2) is 117 Å². The average molecular weight is 1530 g/mol. The van der Waals surface area contributed by atoms with E-state index in [1.165, 1.54) is 203 Å². The summed E-state index contributed by atoms with van der Waals surface area (Å²) >= 11 is 6.35. The molecule has 110 heavy (non-hydrogen) atoms. The van der Waals surface area contributed by atoms with Crippen molar-refractivity contribution in [1.29, 1.82) is 0 Å². The number of rotatable bonds is 46. The molecule has 2 aliphatic rings. The monoisotopic (exact) mass is 1530 g/mol. The summed E-state index contributed by atoms with van der Waals surface area (Å²) in [7, 11) is 1.40. The molecule has 2 aliphatic heterocycles. The molecule has 0 saturated carbocycles. The second-order valence-corrected chi connectivity index (χ2v) is 28.5. The number of fused-ring (bicyclic) bond motifs is 2. The van der Waals surface area contributed by atoms with Crippen LogP contribution in [0, 0.1) is 0 Å². The number of pyridine rings is 1. The Kier molecular flexibility index (Phi) is 34.8. The summed E-state index contributed by atoms with van der Waals surface area (Å²) < 4.78 is 26.3. The van der Waals surface area contributed by atoms with Gasteiger partial charge in [-0.25, -0.2) is 33.8 Å². The Morgan fingerprint density at radius 2 is 1.05 bits per heavy atom. The maximum Gasteiger partial charge on any atom is 0.418 e. The molecule has 0 bridgehead atoms. The number of unbranched alkanes of at least 4 members (excludes halogenated alkanes) is 27. The standard InChI is InChI=1S/C47H58N4O8.C38H46ClN3O9/c1-3-4-5-6-7-8-9-10-11-12-13-14-15-16-20-27-41(52)48-35-28-29-40(58-2)38(30-35)49-46(56)44(45(55)37-31-43(54)59-39-26-22-21-25-36(37)39)51-42(53)33-50(47(51)57)32-34-23-18-17-19-24-34;1-3-4-5-6-7-8-9-10-11-12-13-14-15-16-21-49-37(47)26-17-18-29(39)30(22-26)41-35(45)33(42-36(46)25(2)50-38(42)48)34(44)28-23-32(43)51-31-24-40-20-19-27(28)31/h17-19,21-26,28-31,44H,3-16,20,27,32-33H2,1-2H3,(H,48,52)(H,49,56);17-20,22-25,33H,3-16,21H2,1-2H3,(H,41,45). The van der Waals surface area contributed by atoms with E-state index in [9.17, 15) is 57.5 Å². The first kappa shape index (κ1) is 85.3. The Balaban J connectivity index is 0.000000280. The van der Waals surface area contributed by atoms with Crippen LogP contribution in [0.25, 0.3) is 21.9 Å². The number of Topliss-reactive ketones (excluding diaryl/α,β-unsaturated/α-hetero) is 2. The quantitative estimate of drug-likeness (QED) is 0.00797. The van der Waals surface area contributed by atoms with E-state index in [0.29, 0.717) is 28.3 Å². The van der Waals surface area contributed by atoms with Gasteiger partial charge in [-0.1, -0.05) is 247 Å². The second kappa shape index (κ2) is 45.0. The Bertz CT molecular complexity index is 4410. The number of amides is 8. The number of benzene rings is 4. The van der Waals surface area contributed by atoms with Gasteiger partial charge in [0, 0.05) is 58.9 Å². The molecule has 9 rings (SSSR count). The predicted molar refractivity (Wildman–Crippen MR) is 421 cm³/mol. The molecule has 0 aliphatic carbocycles. The number of cyclic esters (lactones) is 1. The number of hydrogen-bond acceptors (Lipinski definition) is 18. The van der Waals surface area contributed by atoms with E-state index in [-0.39, 0.29) is 86.4 Å². The molecule has 2 saturated heterocycles. The molecule has 24 nitrogen and oxygen atoms in total. The zero-order chi connectivity index (χ0) is 78.7. The van der Waals surface area contributed by atoms with Crippen molar-refractivity contribution >= 4 is 110 Å². The minimum absolute atomic E-state index is 0.0126. The number of nitrogens with zero attached hydrogens (tertiary/aromatic N) is 4. The number of anilines is 3. The molecule has 0 radical (unpaired) electrons.